The van der Waals surface area contributed by atoms with Crippen molar-refractivity contribution in [1.29, 1.82) is 0 Å². The molecule has 0 aliphatic rings. The van der Waals surface area contributed by atoms with Crippen LogP contribution in [0.4, 0.5) is 5.69 Å². The zero-order valence-corrected chi connectivity index (χ0v) is 26.3. The van der Waals surface area contributed by atoms with Crippen molar-refractivity contribution in [2.45, 2.75) is 13.8 Å². The molecule has 0 aromatic heterocycles. The molecule has 236 valence electrons. The molecule has 2 N–H and O–H groups in total. The first kappa shape index (κ1) is 33.5. The highest BCUT2D eigenvalue weighted by Gasteiger charge is 2.17. The maximum Gasteiger partial charge on any atom is 0.345 e. The average molecular weight is 664 g/mol. The van der Waals surface area contributed by atoms with Gasteiger partial charge in [-0.15, -0.1) is 0 Å². The molecular formula is C33H27Cl2N3O8. The topological polar surface area (TPSA) is 142 Å². The molecule has 0 bridgehead atoms. The summed E-state index contributed by atoms with van der Waals surface area (Å²) >= 11 is 12.0. The van der Waals surface area contributed by atoms with Gasteiger partial charge < -0.3 is 24.3 Å². The van der Waals surface area contributed by atoms with Gasteiger partial charge in [0, 0.05) is 28.8 Å². The van der Waals surface area contributed by atoms with Crippen LogP contribution in [0.25, 0.3) is 0 Å². The van der Waals surface area contributed by atoms with E-state index in [1.165, 1.54) is 68.8 Å². The number of hydrogen-bond acceptors (Lipinski definition) is 9. The second-order valence-electron chi connectivity index (χ2n) is 9.35. The van der Waals surface area contributed by atoms with Crippen molar-refractivity contribution >= 4 is 58.9 Å². The fraction of sp³-hybridized carbons (Fsp3) is 0.121. The Hall–Kier alpha value is -5.39. The normalized spacial score (nSPS) is 10.6. The van der Waals surface area contributed by atoms with Gasteiger partial charge in [-0.3, -0.25) is 14.4 Å². The average Bonchev–Trinajstić information content (AvgIpc) is 3.02. The first-order valence-corrected chi connectivity index (χ1v) is 14.4. The summed E-state index contributed by atoms with van der Waals surface area (Å²) in [6.45, 7) is 3.33. The fourth-order valence-electron chi connectivity index (χ4n) is 3.99. The van der Waals surface area contributed by atoms with E-state index in [0.29, 0.717) is 22.9 Å². The second kappa shape index (κ2) is 15.6. The number of halogens is 2. The van der Waals surface area contributed by atoms with Gasteiger partial charge in [0.25, 0.3) is 11.8 Å². The van der Waals surface area contributed by atoms with E-state index < -0.39 is 23.8 Å². The number of anilines is 1. The Labute approximate surface area is 274 Å². The molecule has 0 heterocycles. The number of nitrogens with one attached hydrogen (secondary N) is 2. The summed E-state index contributed by atoms with van der Waals surface area (Å²) < 4.78 is 21.4. The molecule has 13 heteroatoms. The Bertz CT molecular complexity index is 1830. The van der Waals surface area contributed by atoms with Crippen LogP contribution >= 0.6 is 23.2 Å². The minimum atomic E-state index is -0.688. The molecule has 0 radical (unpaired) electrons. The third-order valence-corrected chi connectivity index (χ3v) is 6.61. The fourth-order valence-corrected chi connectivity index (χ4v) is 4.47. The Kier molecular flexibility index (Phi) is 11.3. The predicted octanol–water partition coefficient (Wildman–Crippen LogP) is 6.56. The number of ether oxygens (including phenoxy) is 4. The number of esters is 2. The number of benzene rings is 4. The maximum atomic E-state index is 12.8. The molecule has 46 heavy (non-hydrogen) atoms. The lowest BCUT2D eigenvalue weighted by molar-refractivity contribution is -0.132. The van der Waals surface area contributed by atoms with E-state index in [4.69, 9.17) is 42.1 Å². The van der Waals surface area contributed by atoms with E-state index in [2.05, 4.69) is 15.8 Å². The SMILES string of the molecule is CCOc1cc(C=NNC(=O)c2cccc(NC(=O)c3ccc(OC(C)=O)c(OC)c3)c2)ccc1OC(=O)c1ccc(Cl)cc1Cl. The summed E-state index contributed by atoms with van der Waals surface area (Å²) in [7, 11) is 1.39. The zero-order valence-electron chi connectivity index (χ0n) is 24.8. The van der Waals surface area contributed by atoms with Crippen molar-refractivity contribution in [2.75, 3.05) is 19.0 Å². The van der Waals surface area contributed by atoms with Crippen molar-refractivity contribution < 1.29 is 38.1 Å². The van der Waals surface area contributed by atoms with E-state index in [1.54, 1.807) is 37.3 Å². The third-order valence-electron chi connectivity index (χ3n) is 6.06. The highest BCUT2D eigenvalue weighted by Crippen LogP contribution is 2.31. The quantitative estimate of drug-likeness (QED) is 0.0795. The number of carbonyl (C=O) groups is 4. The number of carbonyl (C=O) groups excluding carboxylic acids is 4. The summed E-state index contributed by atoms with van der Waals surface area (Å²) in [5, 5.41) is 7.26. The zero-order chi connectivity index (χ0) is 33.2. The molecule has 4 rings (SSSR count). The highest BCUT2D eigenvalue weighted by molar-refractivity contribution is 6.36. The Morgan fingerprint density at radius 3 is 2.26 bits per heavy atom. The van der Waals surface area contributed by atoms with Crippen molar-refractivity contribution in [2.24, 2.45) is 5.10 Å². The summed E-state index contributed by atoms with van der Waals surface area (Å²) in [4.78, 5) is 49.6. The smallest absolute Gasteiger partial charge is 0.345 e. The van der Waals surface area contributed by atoms with Gasteiger partial charge in [-0.25, -0.2) is 10.2 Å². The van der Waals surface area contributed by atoms with Crippen LogP contribution in [0, 0.1) is 0 Å². The van der Waals surface area contributed by atoms with Gasteiger partial charge in [0.1, 0.15) is 0 Å². The number of hydrazone groups is 1. The maximum absolute atomic E-state index is 12.8. The van der Waals surface area contributed by atoms with Crippen molar-refractivity contribution in [3.8, 4) is 23.0 Å². The van der Waals surface area contributed by atoms with Crippen molar-refractivity contribution in [3.63, 3.8) is 0 Å². The molecule has 4 aromatic carbocycles. The van der Waals surface area contributed by atoms with Crippen LogP contribution in [-0.4, -0.2) is 43.7 Å². The second-order valence-corrected chi connectivity index (χ2v) is 10.2. The molecule has 0 spiro atoms. The van der Waals surface area contributed by atoms with E-state index in [-0.39, 0.29) is 44.7 Å². The van der Waals surface area contributed by atoms with Crippen LogP contribution in [0.1, 0.15) is 50.5 Å². The summed E-state index contributed by atoms with van der Waals surface area (Å²) in [6, 6.07) is 19.8. The van der Waals surface area contributed by atoms with Crippen molar-refractivity contribution in [3.05, 3.63) is 111 Å². The van der Waals surface area contributed by atoms with Crippen LogP contribution in [0.5, 0.6) is 23.0 Å². The number of rotatable bonds is 11. The minimum Gasteiger partial charge on any atom is -0.493 e. The molecule has 2 amide bonds. The summed E-state index contributed by atoms with van der Waals surface area (Å²) in [5.74, 6) is -1.39. The van der Waals surface area contributed by atoms with Crippen LogP contribution < -0.4 is 29.7 Å². The molecule has 0 atom stereocenters. The van der Waals surface area contributed by atoms with E-state index in [0.717, 1.165) is 0 Å². The monoisotopic (exact) mass is 663 g/mol. The Morgan fingerprint density at radius 2 is 1.54 bits per heavy atom. The van der Waals surface area contributed by atoms with Gasteiger partial charge in [0.2, 0.25) is 0 Å². The molecular weight excluding hydrogens is 637 g/mol. The molecule has 11 nitrogen and oxygen atoms in total. The Balaban J connectivity index is 1.40. The molecule has 0 aliphatic heterocycles. The molecule has 4 aromatic rings. The summed E-state index contributed by atoms with van der Waals surface area (Å²) in [5.41, 5.74) is 3.95. The molecule has 0 saturated carbocycles. The number of hydrogen-bond donors (Lipinski definition) is 2. The lowest BCUT2D eigenvalue weighted by Gasteiger charge is -2.12. The molecule has 0 saturated heterocycles. The van der Waals surface area contributed by atoms with Gasteiger partial charge >= 0.3 is 11.9 Å². The predicted molar refractivity (Wildman–Crippen MR) is 173 cm³/mol. The van der Waals surface area contributed by atoms with Crippen LogP contribution in [-0.2, 0) is 4.79 Å². The lowest BCUT2D eigenvalue weighted by atomic mass is 10.1. The van der Waals surface area contributed by atoms with Crippen LogP contribution in [0.3, 0.4) is 0 Å². The van der Waals surface area contributed by atoms with Gasteiger partial charge in [-0.05, 0) is 85.3 Å². The van der Waals surface area contributed by atoms with Crippen LogP contribution in [0.2, 0.25) is 10.0 Å². The minimum absolute atomic E-state index is 0.139. The molecule has 0 aliphatic carbocycles. The van der Waals surface area contributed by atoms with E-state index >= 15 is 0 Å². The first-order chi connectivity index (χ1) is 22.1. The molecule has 0 unspecified atom stereocenters. The standard InChI is InChI=1S/C33H27Cl2N3O8/c1-4-44-30-14-20(8-12-28(30)46-33(42)25-11-10-23(34)17-26(25)35)18-36-38-32(41)21-6-5-7-24(15-21)37-31(40)22-9-13-27(45-19(2)39)29(16-22)43-3/h5-18H,4H2,1-3H3,(H,37,40)(H,38,41). The number of methoxy groups -OCH3 is 1. The summed E-state index contributed by atoms with van der Waals surface area (Å²) in [6.07, 6.45) is 1.39. The van der Waals surface area contributed by atoms with Gasteiger partial charge in [-0.1, -0.05) is 29.3 Å². The first-order valence-electron chi connectivity index (χ1n) is 13.6. The van der Waals surface area contributed by atoms with E-state index in [9.17, 15) is 19.2 Å². The van der Waals surface area contributed by atoms with E-state index in [1.807, 2.05) is 0 Å². The van der Waals surface area contributed by atoms with Gasteiger partial charge in [0.15, 0.2) is 23.0 Å². The molecule has 0 fully saturated rings. The Morgan fingerprint density at radius 1 is 0.804 bits per heavy atom. The number of nitrogens with zero attached hydrogens (tertiary/aromatic N) is 1. The highest BCUT2D eigenvalue weighted by atomic mass is 35.5. The largest absolute Gasteiger partial charge is 0.493 e. The van der Waals surface area contributed by atoms with Crippen molar-refractivity contribution in [1.82, 2.24) is 5.43 Å². The lowest BCUT2D eigenvalue weighted by Crippen LogP contribution is -2.18. The number of amides is 2. The van der Waals surface area contributed by atoms with Gasteiger partial charge in [0.05, 0.1) is 30.5 Å². The van der Waals surface area contributed by atoms with Gasteiger partial charge in [-0.2, -0.15) is 5.10 Å². The third kappa shape index (κ3) is 8.84. The van der Waals surface area contributed by atoms with Crippen LogP contribution in [0.15, 0.2) is 84.0 Å².